The van der Waals surface area contributed by atoms with E-state index < -0.39 is 18.4 Å². The van der Waals surface area contributed by atoms with Crippen LogP contribution >= 0.6 is 0 Å². The normalized spacial score (nSPS) is 20.6. The van der Waals surface area contributed by atoms with Crippen LogP contribution in [-0.4, -0.2) is 58.6 Å². The first-order valence-electron chi connectivity index (χ1n) is 10.2. The minimum absolute atomic E-state index is 0.184. The molecular formula is C24H26O7Se. The van der Waals surface area contributed by atoms with Crippen LogP contribution in [0.25, 0.3) is 0 Å². The van der Waals surface area contributed by atoms with Crippen molar-refractivity contribution in [1.82, 2.24) is 0 Å². The summed E-state index contributed by atoms with van der Waals surface area (Å²) >= 11 is -0.247. The summed E-state index contributed by atoms with van der Waals surface area (Å²) in [5.41, 5.74) is 0.846. The Hall–Kier alpha value is -2.64. The Morgan fingerprint density at radius 3 is 2.53 bits per heavy atom. The first kappa shape index (κ1) is 24.0. The van der Waals surface area contributed by atoms with E-state index in [9.17, 15) is 9.59 Å². The van der Waals surface area contributed by atoms with Crippen LogP contribution in [0.5, 0.6) is 5.75 Å². The van der Waals surface area contributed by atoms with Crippen molar-refractivity contribution in [1.29, 1.82) is 0 Å². The first-order chi connectivity index (χ1) is 15.6. The van der Waals surface area contributed by atoms with Gasteiger partial charge >= 0.3 is 194 Å². The molecular weight excluding hydrogens is 479 g/mol. The third-order valence-corrected chi connectivity index (χ3v) is 6.75. The predicted molar refractivity (Wildman–Crippen MR) is 119 cm³/mol. The molecule has 0 unspecified atom stereocenters. The van der Waals surface area contributed by atoms with Gasteiger partial charge in [0.15, 0.2) is 0 Å². The molecule has 3 rings (SSSR count). The van der Waals surface area contributed by atoms with Gasteiger partial charge in [-0.1, -0.05) is 0 Å². The van der Waals surface area contributed by atoms with Gasteiger partial charge in [-0.15, -0.1) is 0 Å². The average molecular weight is 505 g/mol. The van der Waals surface area contributed by atoms with Gasteiger partial charge in [-0.3, -0.25) is 0 Å². The zero-order chi connectivity index (χ0) is 22.8. The van der Waals surface area contributed by atoms with Gasteiger partial charge in [-0.2, -0.15) is 0 Å². The maximum absolute atomic E-state index is 12.5. The van der Waals surface area contributed by atoms with Crippen molar-refractivity contribution in [2.24, 2.45) is 0 Å². The summed E-state index contributed by atoms with van der Waals surface area (Å²) in [6, 6.07) is 17.2. The van der Waals surface area contributed by atoms with Crippen LogP contribution in [0.3, 0.4) is 0 Å². The van der Waals surface area contributed by atoms with Crippen molar-refractivity contribution in [2.45, 2.75) is 31.3 Å². The van der Waals surface area contributed by atoms with Crippen molar-refractivity contribution >= 4 is 30.1 Å². The molecule has 8 heteroatoms. The summed E-state index contributed by atoms with van der Waals surface area (Å²) in [6.45, 7) is 0.255. The Kier molecular flexibility index (Phi) is 9.31. The van der Waals surface area contributed by atoms with Gasteiger partial charge in [-0.05, 0) is 0 Å². The molecule has 0 N–H and O–H groups in total. The second-order valence-electron chi connectivity index (χ2n) is 6.94. The van der Waals surface area contributed by atoms with E-state index in [0.717, 1.165) is 15.8 Å². The molecule has 3 atom stereocenters. The van der Waals surface area contributed by atoms with E-state index in [1.807, 2.05) is 54.6 Å². The molecule has 0 radical (unpaired) electrons. The molecule has 1 saturated heterocycles. The van der Waals surface area contributed by atoms with E-state index >= 15 is 0 Å². The molecule has 0 amide bonds. The van der Waals surface area contributed by atoms with E-state index in [0.29, 0.717) is 12.8 Å². The summed E-state index contributed by atoms with van der Waals surface area (Å²) in [6.07, 6.45) is 1.91. The van der Waals surface area contributed by atoms with E-state index in [1.54, 1.807) is 7.11 Å². The van der Waals surface area contributed by atoms with E-state index in [2.05, 4.69) is 4.74 Å². The van der Waals surface area contributed by atoms with E-state index in [1.165, 1.54) is 19.4 Å². The molecule has 32 heavy (non-hydrogen) atoms. The summed E-state index contributed by atoms with van der Waals surface area (Å²) < 4.78 is 28.7. The Balaban J connectivity index is 1.63. The van der Waals surface area contributed by atoms with Crippen LogP contribution in [0.15, 0.2) is 66.9 Å². The first-order valence-corrected chi connectivity index (χ1v) is 11.9. The molecule has 0 spiro atoms. The number of benzene rings is 2. The quantitative estimate of drug-likeness (QED) is 0.213. The number of ether oxygens (including phenoxy) is 5. The van der Waals surface area contributed by atoms with Gasteiger partial charge < -0.3 is 0 Å². The number of hydrogen-bond donors (Lipinski definition) is 0. The molecule has 170 valence electrons. The van der Waals surface area contributed by atoms with Gasteiger partial charge in [-0.25, -0.2) is 0 Å². The zero-order valence-electron chi connectivity index (χ0n) is 18.0. The summed E-state index contributed by atoms with van der Waals surface area (Å²) in [7, 11) is 2.90. The predicted octanol–water partition coefficient (Wildman–Crippen LogP) is 2.52. The van der Waals surface area contributed by atoms with Gasteiger partial charge in [0.1, 0.15) is 0 Å². The fraction of sp³-hybridized carbons (Fsp3) is 0.333. The maximum atomic E-state index is 12.5. The molecule has 1 aliphatic rings. The Morgan fingerprint density at radius 2 is 1.84 bits per heavy atom. The molecule has 7 nitrogen and oxygen atoms in total. The Morgan fingerprint density at radius 1 is 1.09 bits per heavy atom. The average Bonchev–Trinajstić information content (AvgIpc) is 2.83. The van der Waals surface area contributed by atoms with Crippen molar-refractivity contribution in [3.63, 3.8) is 0 Å². The van der Waals surface area contributed by atoms with E-state index in [4.69, 9.17) is 18.9 Å². The van der Waals surface area contributed by atoms with E-state index in [-0.39, 0.29) is 32.3 Å². The number of carbonyl (C=O) groups is 2. The Bertz CT molecular complexity index is 898. The van der Waals surface area contributed by atoms with Gasteiger partial charge in [0, 0.05) is 0 Å². The minimum atomic E-state index is -0.579. The van der Waals surface area contributed by atoms with Gasteiger partial charge in [0.2, 0.25) is 0 Å². The van der Waals surface area contributed by atoms with Crippen LogP contribution in [0.1, 0.15) is 24.7 Å². The number of hydrogen-bond acceptors (Lipinski definition) is 7. The molecule has 0 saturated carbocycles. The number of carbonyl (C=O) groups excluding carboxylic acids is 2. The second-order valence-corrected chi connectivity index (χ2v) is 9.31. The molecule has 1 heterocycles. The molecule has 2 aromatic carbocycles. The van der Waals surface area contributed by atoms with Gasteiger partial charge in [0.05, 0.1) is 0 Å². The van der Waals surface area contributed by atoms with Crippen molar-refractivity contribution in [3.8, 4) is 5.75 Å². The molecule has 1 fully saturated rings. The monoisotopic (exact) mass is 506 g/mol. The molecule has 0 aliphatic carbocycles. The van der Waals surface area contributed by atoms with Crippen molar-refractivity contribution in [3.05, 3.63) is 72.5 Å². The fourth-order valence-corrected chi connectivity index (χ4v) is 4.71. The second kappa shape index (κ2) is 12.4. The number of methoxy groups -OCH3 is 2. The Labute approximate surface area is 193 Å². The summed E-state index contributed by atoms with van der Waals surface area (Å²) in [4.78, 5) is 23.8. The van der Waals surface area contributed by atoms with Crippen LogP contribution in [0.2, 0.25) is 0 Å². The zero-order valence-corrected chi connectivity index (χ0v) is 19.7. The third-order valence-electron chi connectivity index (χ3n) is 4.78. The standard InChI is InChI=1S/C24H26O7Se/c1-27-18-10-8-17(9-11-18)24-30-16-21(29-15-14-22(25)28-2)20(31-24)12-13-23(26)32-19-6-4-3-5-7-19/h3-11,14-15,20-21,24H,12-13,16H2,1-2H3/b15-14+/t20-,21+,24+/m0/s1. The SMILES string of the molecule is COC(=O)/C=C/O[C@@H]1CO[C@@H](c2ccc(OC)cc2)O[C@H]1CCC(=O)[Se]c1ccccc1. The molecule has 0 bridgehead atoms. The topological polar surface area (TPSA) is 80.3 Å². The van der Waals surface area contributed by atoms with Crippen LogP contribution in [-0.2, 0) is 28.5 Å². The van der Waals surface area contributed by atoms with Crippen molar-refractivity contribution in [2.75, 3.05) is 20.8 Å². The van der Waals surface area contributed by atoms with Crippen molar-refractivity contribution < 1.29 is 33.3 Å². The van der Waals surface area contributed by atoms with Crippen LogP contribution < -0.4 is 9.20 Å². The fourth-order valence-electron chi connectivity index (χ4n) is 3.09. The number of esters is 1. The third kappa shape index (κ3) is 7.21. The summed E-state index contributed by atoms with van der Waals surface area (Å²) in [5, 5.41) is 0. The molecule has 0 aromatic heterocycles. The molecule has 2 aromatic rings. The van der Waals surface area contributed by atoms with Gasteiger partial charge in [0.25, 0.3) is 0 Å². The number of rotatable bonds is 10. The summed E-state index contributed by atoms with van der Waals surface area (Å²) in [5.74, 6) is 0.222. The van der Waals surface area contributed by atoms with Crippen LogP contribution in [0, 0.1) is 0 Å². The molecule has 1 aliphatic heterocycles. The van der Waals surface area contributed by atoms with Crippen LogP contribution in [0.4, 0.5) is 0 Å².